The fourth-order valence-electron chi connectivity index (χ4n) is 1.84. The second-order valence-electron chi connectivity index (χ2n) is 4.10. The van der Waals surface area contributed by atoms with Gasteiger partial charge >= 0.3 is 0 Å². The number of carbonyl (C=O) groups excluding carboxylic acids is 1. The van der Waals surface area contributed by atoms with Gasteiger partial charge in [0.05, 0.1) is 17.8 Å². The molecule has 0 saturated carbocycles. The number of nitrogens with zero attached hydrogens (tertiary/aromatic N) is 3. The molecular formula is C14H12N4O. The van der Waals surface area contributed by atoms with Crippen LogP contribution in [0.25, 0.3) is 5.52 Å². The van der Waals surface area contributed by atoms with Crippen LogP contribution in [0.4, 0.5) is 0 Å². The normalized spacial score (nSPS) is 10.5. The van der Waals surface area contributed by atoms with Crippen molar-refractivity contribution >= 4 is 11.4 Å². The quantitative estimate of drug-likeness (QED) is 0.771. The zero-order valence-electron chi connectivity index (χ0n) is 10.2. The zero-order valence-corrected chi connectivity index (χ0v) is 10.2. The van der Waals surface area contributed by atoms with E-state index in [1.165, 1.54) is 0 Å². The van der Waals surface area contributed by atoms with Crippen LogP contribution in [0.5, 0.6) is 0 Å². The van der Waals surface area contributed by atoms with Gasteiger partial charge < -0.3 is 5.32 Å². The standard InChI is InChI=1S/C14H12N4O/c19-14(13-6-1-3-7-15-13)16-10-11-9-12-5-2-4-8-18(12)17-11/h1-9H,10H2,(H,16,19). The third-order valence-electron chi connectivity index (χ3n) is 2.75. The highest BCUT2D eigenvalue weighted by atomic mass is 16.1. The van der Waals surface area contributed by atoms with E-state index in [-0.39, 0.29) is 5.91 Å². The van der Waals surface area contributed by atoms with Crippen molar-refractivity contribution in [3.8, 4) is 0 Å². The fraction of sp³-hybridized carbons (Fsp3) is 0.0714. The number of fused-ring (bicyclic) bond motifs is 1. The van der Waals surface area contributed by atoms with Gasteiger partial charge in [-0.2, -0.15) is 5.10 Å². The van der Waals surface area contributed by atoms with Crippen LogP contribution in [-0.2, 0) is 6.54 Å². The number of pyridine rings is 2. The number of hydrogen-bond acceptors (Lipinski definition) is 3. The van der Waals surface area contributed by atoms with Gasteiger partial charge in [0.1, 0.15) is 5.69 Å². The summed E-state index contributed by atoms with van der Waals surface area (Å²) in [6.07, 6.45) is 3.47. The lowest BCUT2D eigenvalue weighted by molar-refractivity contribution is 0.0945. The Hall–Kier alpha value is -2.69. The number of nitrogens with one attached hydrogen (secondary N) is 1. The Bertz CT molecular complexity index is 673. The minimum atomic E-state index is -0.197. The second kappa shape index (κ2) is 4.89. The average Bonchev–Trinajstić information content (AvgIpc) is 2.88. The number of hydrogen-bond donors (Lipinski definition) is 1. The molecule has 0 unspecified atom stereocenters. The molecule has 0 atom stereocenters. The predicted molar refractivity (Wildman–Crippen MR) is 70.6 cm³/mol. The molecule has 3 rings (SSSR count). The molecule has 1 N–H and O–H groups in total. The van der Waals surface area contributed by atoms with Crippen LogP contribution in [0.15, 0.2) is 54.9 Å². The van der Waals surface area contributed by atoms with E-state index in [9.17, 15) is 4.79 Å². The summed E-state index contributed by atoms with van der Waals surface area (Å²) in [5, 5.41) is 7.16. The first-order valence-electron chi connectivity index (χ1n) is 5.95. The van der Waals surface area contributed by atoms with Crippen molar-refractivity contribution in [1.29, 1.82) is 0 Å². The Morgan fingerprint density at radius 3 is 2.89 bits per heavy atom. The Labute approximate surface area is 109 Å². The van der Waals surface area contributed by atoms with E-state index in [2.05, 4.69) is 15.4 Å². The molecule has 5 nitrogen and oxygen atoms in total. The number of rotatable bonds is 3. The van der Waals surface area contributed by atoms with Gasteiger partial charge in [-0.05, 0) is 30.3 Å². The maximum absolute atomic E-state index is 11.8. The van der Waals surface area contributed by atoms with Gasteiger partial charge in [0.25, 0.3) is 5.91 Å². The summed E-state index contributed by atoms with van der Waals surface area (Å²) in [5.41, 5.74) is 2.23. The lowest BCUT2D eigenvalue weighted by atomic mass is 10.3. The molecule has 0 aliphatic heterocycles. The van der Waals surface area contributed by atoms with Gasteiger partial charge in [-0.1, -0.05) is 12.1 Å². The summed E-state index contributed by atoms with van der Waals surface area (Å²) in [6, 6.07) is 13.0. The molecule has 0 aliphatic carbocycles. The van der Waals surface area contributed by atoms with Crippen LogP contribution in [0.1, 0.15) is 16.2 Å². The summed E-state index contributed by atoms with van der Waals surface area (Å²) < 4.78 is 1.78. The van der Waals surface area contributed by atoms with E-state index in [0.717, 1.165) is 11.2 Å². The van der Waals surface area contributed by atoms with Crippen LogP contribution >= 0.6 is 0 Å². The maximum atomic E-state index is 11.8. The van der Waals surface area contributed by atoms with Crippen LogP contribution in [0.3, 0.4) is 0 Å². The molecule has 94 valence electrons. The summed E-state index contributed by atoms with van der Waals surface area (Å²) in [6.45, 7) is 0.386. The summed E-state index contributed by atoms with van der Waals surface area (Å²) in [5.74, 6) is -0.197. The summed E-state index contributed by atoms with van der Waals surface area (Å²) in [4.78, 5) is 15.8. The van der Waals surface area contributed by atoms with Crippen molar-refractivity contribution in [2.75, 3.05) is 0 Å². The molecule has 3 aromatic heterocycles. The molecule has 1 amide bonds. The van der Waals surface area contributed by atoms with Gasteiger partial charge in [0, 0.05) is 12.4 Å². The van der Waals surface area contributed by atoms with Crippen molar-refractivity contribution < 1.29 is 4.79 Å². The molecule has 5 heteroatoms. The van der Waals surface area contributed by atoms with Crippen LogP contribution < -0.4 is 5.32 Å². The van der Waals surface area contributed by atoms with Gasteiger partial charge in [-0.25, -0.2) is 4.52 Å². The Balaban J connectivity index is 1.71. The van der Waals surface area contributed by atoms with Crippen molar-refractivity contribution in [2.45, 2.75) is 6.54 Å². The first kappa shape index (κ1) is 11.4. The van der Waals surface area contributed by atoms with Crippen LogP contribution in [0, 0.1) is 0 Å². The number of carbonyl (C=O) groups is 1. The van der Waals surface area contributed by atoms with Crippen molar-refractivity contribution in [3.63, 3.8) is 0 Å². The third-order valence-corrected chi connectivity index (χ3v) is 2.75. The van der Waals surface area contributed by atoms with E-state index in [1.807, 2.05) is 30.5 Å². The summed E-state index contributed by atoms with van der Waals surface area (Å²) >= 11 is 0. The van der Waals surface area contributed by atoms with Gasteiger partial charge in [0.15, 0.2) is 0 Å². The van der Waals surface area contributed by atoms with Crippen LogP contribution in [0.2, 0.25) is 0 Å². The molecule has 3 heterocycles. The maximum Gasteiger partial charge on any atom is 0.270 e. The van der Waals surface area contributed by atoms with Crippen molar-refractivity contribution in [1.82, 2.24) is 19.9 Å². The Morgan fingerprint density at radius 1 is 1.21 bits per heavy atom. The van der Waals surface area contributed by atoms with Gasteiger partial charge in [0.2, 0.25) is 0 Å². The van der Waals surface area contributed by atoms with E-state index in [0.29, 0.717) is 12.2 Å². The first-order chi connectivity index (χ1) is 9.33. The van der Waals surface area contributed by atoms with E-state index in [1.54, 1.807) is 28.9 Å². The molecular weight excluding hydrogens is 240 g/mol. The minimum absolute atomic E-state index is 0.197. The molecule has 0 spiro atoms. The molecule has 0 aromatic carbocycles. The smallest absolute Gasteiger partial charge is 0.270 e. The highest BCUT2D eigenvalue weighted by Crippen LogP contribution is 2.05. The van der Waals surface area contributed by atoms with Gasteiger partial charge in [-0.15, -0.1) is 0 Å². The summed E-state index contributed by atoms with van der Waals surface area (Å²) in [7, 11) is 0. The van der Waals surface area contributed by atoms with E-state index < -0.39 is 0 Å². The number of aromatic nitrogens is 3. The Kier molecular flexibility index (Phi) is 2.94. The monoisotopic (exact) mass is 252 g/mol. The lowest BCUT2D eigenvalue weighted by Crippen LogP contribution is -2.23. The van der Waals surface area contributed by atoms with E-state index >= 15 is 0 Å². The molecule has 0 saturated heterocycles. The highest BCUT2D eigenvalue weighted by Gasteiger charge is 2.07. The molecule has 3 aromatic rings. The average molecular weight is 252 g/mol. The molecule has 0 radical (unpaired) electrons. The lowest BCUT2D eigenvalue weighted by Gasteiger charge is -2.01. The fourth-order valence-corrected chi connectivity index (χ4v) is 1.84. The third kappa shape index (κ3) is 2.44. The first-order valence-corrected chi connectivity index (χ1v) is 5.95. The van der Waals surface area contributed by atoms with Crippen molar-refractivity contribution in [3.05, 3.63) is 66.2 Å². The van der Waals surface area contributed by atoms with Crippen molar-refractivity contribution in [2.24, 2.45) is 0 Å². The van der Waals surface area contributed by atoms with Gasteiger partial charge in [-0.3, -0.25) is 9.78 Å². The Morgan fingerprint density at radius 2 is 2.11 bits per heavy atom. The topological polar surface area (TPSA) is 59.3 Å². The number of amides is 1. The SMILES string of the molecule is O=C(NCc1cc2ccccn2n1)c1ccccn1. The van der Waals surface area contributed by atoms with Crippen LogP contribution in [-0.4, -0.2) is 20.5 Å². The predicted octanol–water partition coefficient (Wildman–Crippen LogP) is 1.66. The largest absolute Gasteiger partial charge is 0.345 e. The molecule has 0 bridgehead atoms. The highest BCUT2D eigenvalue weighted by molar-refractivity contribution is 5.92. The second-order valence-corrected chi connectivity index (χ2v) is 4.10. The minimum Gasteiger partial charge on any atom is -0.345 e. The zero-order chi connectivity index (χ0) is 13.1. The molecule has 0 fully saturated rings. The molecule has 19 heavy (non-hydrogen) atoms. The van der Waals surface area contributed by atoms with E-state index in [4.69, 9.17) is 0 Å². The molecule has 0 aliphatic rings.